The van der Waals surface area contributed by atoms with Crippen LogP contribution >= 0.6 is 11.8 Å². The molecule has 4 rings (SSSR count). The number of amides is 1. The molecule has 1 N–H and O–H groups in total. The SMILES string of the molecule is Cn1c(SCc2ccccc2)nc(=O)c2c1NC(=O)C[C@@H]2c1ccc(F)cc1F. The number of aromatic nitrogens is 2. The molecule has 0 saturated heterocycles. The predicted octanol–water partition coefficient (Wildman–Crippen LogP) is 3.82. The second-order valence-corrected chi connectivity index (χ2v) is 7.71. The van der Waals surface area contributed by atoms with E-state index in [1.165, 1.54) is 17.8 Å². The van der Waals surface area contributed by atoms with Gasteiger partial charge in [0.15, 0.2) is 5.16 Å². The first kappa shape index (κ1) is 19.3. The van der Waals surface area contributed by atoms with E-state index in [4.69, 9.17) is 0 Å². The quantitative estimate of drug-likeness (QED) is 0.522. The van der Waals surface area contributed by atoms with Gasteiger partial charge in [0.05, 0.1) is 5.56 Å². The summed E-state index contributed by atoms with van der Waals surface area (Å²) in [6, 6.07) is 12.9. The number of nitrogens with zero attached hydrogens (tertiary/aromatic N) is 2. The second-order valence-electron chi connectivity index (χ2n) is 6.77. The molecular weight excluding hydrogens is 396 g/mol. The summed E-state index contributed by atoms with van der Waals surface area (Å²) < 4.78 is 29.3. The standard InChI is InChI=1S/C21H17F2N3O2S/c1-26-19-18(20(28)25-21(26)29-11-12-5-3-2-4-6-12)15(10-17(27)24-19)14-8-7-13(22)9-16(14)23/h2-9,15H,10-11H2,1H3,(H,24,27)/t15-/m1/s1. The van der Waals surface area contributed by atoms with Crippen LogP contribution in [-0.4, -0.2) is 15.5 Å². The summed E-state index contributed by atoms with van der Waals surface area (Å²) in [5, 5.41) is 3.16. The molecule has 0 unspecified atom stereocenters. The van der Waals surface area contributed by atoms with Crippen molar-refractivity contribution in [1.82, 2.24) is 9.55 Å². The Bertz CT molecular complexity index is 1150. The molecule has 0 bridgehead atoms. The fourth-order valence-corrected chi connectivity index (χ4v) is 4.36. The highest BCUT2D eigenvalue weighted by Gasteiger charge is 2.33. The third-order valence-corrected chi connectivity index (χ3v) is 5.95. The molecule has 1 aliphatic heterocycles. The normalized spacial score (nSPS) is 15.7. The number of carbonyl (C=O) groups excluding carboxylic acids is 1. The lowest BCUT2D eigenvalue weighted by atomic mass is 9.86. The molecule has 148 valence electrons. The summed E-state index contributed by atoms with van der Waals surface area (Å²) >= 11 is 1.37. The van der Waals surface area contributed by atoms with Crippen LogP contribution in [0.4, 0.5) is 14.6 Å². The largest absolute Gasteiger partial charge is 0.312 e. The Morgan fingerprint density at radius 1 is 1.17 bits per heavy atom. The summed E-state index contributed by atoms with van der Waals surface area (Å²) in [4.78, 5) is 29.3. The summed E-state index contributed by atoms with van der Waals surface area (Å²) in [5.41, 5.74) is 0.856. The van der Waals surface area contributed by atoms with Crippen LogP contribution < -0.4 is 10.9 Å². The highest BCUT2D eigenvalue weighted by Crippen LogP contribution is 2.37. The van der Waals surface area contributed by atoms with E-state index < -0.39 is 23.1 Å². The van der Waals surface area contributed by atoms with Crippen molar-refractivity contribution in [3.63, 3.8) is 0 Å². The Morgan fingerprint density at radius 2 is 1.93 bits per heavy atom. The molecule has 1 atom stereocenters. The van der Waals surface area contributed by atoms with Gasteiger partial charge in [-0.3, -0.25) is 9.59 Å². The maximum Gasteiger partial charge on any atom is 0.279 e. The maximum atomic E-state index is 14.4. The molecule has 8 heteroatoms. The summed E-state index contributed by atoms with van der Waals surface area (Å²) in [7, 11) is 1.70. The van der Waals surface area contributed by atoms with Crippen molar-refractivity contribution in [3.05, 3.63) is 87.2 Å². The fraction of sp³-hybridized carbons (Fsp3) is 0.190. The van der Waals surface area contributed by atoms with E-state index in [0.717, 1.165) is 17.7 Å². The van der Waals surface area contributed by atoms with Gasteiger partial charge >= 0.3 is 0 Å². The zero-order valence-electron chi connectivity index (χ0n) is 15.5. The lowest BCUT2D eigenvalue weighted by Gasteiger charge is -2.27. The molecule has 0 radical (unpaired) electrons. The van der Waals surface area contributed by atoms with Gasteiger partial charge in [0.1, 0.15) is 17.5 Å². The van der Waals surface area contributed by atoms with Gasteiger partial charge in [0.25, 0.3) is 5.56 Å². The van der Waals surface area contributed by atoms with Crippen molar-refractivity contribution in [2.24, 2.45) is 7.05 Å². The van der Waals surface area contributed by atoms with Crippen LogP contribution in [0.15, 0.2) is 58.5 Å². The summed E-state index contributed by atoms with van der Waals surface area (Å²) in [5.74, 6) is -1.77. The van der Waals surface area contributed by atoms with Crippen molar-refractivity contribution in [1.29, 1.82) is 0 Å². The summed E-state index contributed by atoms with van der Waals surface area (Å²) in [6.07, 6.45) is -0.108. The Kier molecular flexibility index (Phi) is 5.19. The Balaban J connectivity index is 1.75. The molecule has 0 spiro atoms. The second kappa shape index (κ2) is 7.79. The molecular formula is C21H17F2N3O2S. The van der Waals surface area contributed by atoms with Crippen LogP contribution in [0.1, 0.15) is 29.0 Å². The topological polar surface area (TPSA) is 64.0 Å². The molecule has 0 fully saturated rings. The van der Waals surface area contributed by atoms with Gasteiger partial charge in [-0.05, 0) is 17.2 Å². The molecule has 1 aromatic heterocycles. The molecule has 2 heterocycles. The number of nitrogens with one attached hydrogen (secondary N) is 1. The van der Waals surface area contributed by atoms with Crippen LogP contribution in [-0.2, 0) is 17.6 Å². The van der Waals surface area contributed by atoms with Crippen molar-refractivity contribution in [2.45, 2.75) is 23.2 Å². The van der Waals surface area contributed by atoms with Crippen LogP contribution in [0.2, 0.25) is 0 Å². The van der Waals surface area contributed by atoms with Crippen LogP contribution in [0, 0.1) is 11.6 Å². The number of anilines is 1. The number of fused-ring (bicyclic) bond motifs is 1. The molecule has 1 aliphatic rings. The molecule has 5 nitrogen and oxygen atoms in total. The number of halogens is 2. The molecule has 3 aromatic rings. The number of benzene rings is 2. The molecule has 0 aliphatic carbocycles. The molecule has 1 amide bonds. The number of carbonyl (C=O) groups is 1. The average Bonchev–Trinajstić information content (AvgIpc) is 2.70. The van der Waals surface area contributed by atoms with E-state index in [1.807, 2.05) is 30.3 Å². The number of hydrogen-bond donors (Lipinski definition) is 1. The van der Waals surface area contributed by atoms with E-state index in [1.54, 1.807) is 11.6 Å². The van der Waals surface area contributed by atoms with Gasteiger partial charge in [-0.2, -0.15) is 4.98 Å². The zero-order valence-corrected chi connectivity index (χ0v) is 16.3. The van der Waals surface area contributed by atoms with Gasteiger partial charge < -0.3 is 9.88 Å². The van der Waals surface area contributed by atoms with Gasteiger partial charge in [-0.1, -0.05) is 48.2 Å². The number of hydrogen-bond acceptors (Lipinski definition) is 4. The van der Waals surface area contributed by atoms with Crippen LogP contribution in [0.3, 0.4) is 0 Å². The number of thioether (sulfide) groups is 1. The highest BCUT2D eigenvalue weighted by atomic mass is 32.2. The first-order chi connectivity index (χ1) is 13.9. The smallest absolute Gasteiger partial charge is 0.279 e. The van der Waals surface area contributed by atoms with E-state index in [2.05, 4.69) is 10.3 Å². The Hall–Kier alpha value is -3.00. The van der Waals surface area contributed by atoms with Gasteiger partial charge in [0.2, 0.25) is 5.91 Å². The van der Waals surface area contributed by atoms with E-state index in [0.29, 0.717) is 16.7 Å². The van der Waals surface area contributed by atoms with Crippen molar-refractivity contribution < 1.29 is 13.6 Å². The maximum absolute atomic E-state index is 14.4. The lowest BCUT2D eigenvalue weighted by Crippen LogP contribution is -2.33. The lowest BCUT2D eigenvalue weighted by molar-refractivity contribution is -0.116. The summed E-state index contributed by atoms with van der Waals surface area (Å²) in [6.45, 7) is 0. The third kappa shape index (κ3) is 3.80. The van der Waals surface area contributed by atoms with E-state index >= 15 is 0 Å². The number of rotatable bonds is 4. The minimum atomic E-state index is -0.821. The molecule has 0 saturated carbocycles. The van der Waals surface area contributed by atoms with Crippen LogP contribution in [0.5, 0.6) is 0 Å². The van der Waals surface area contributed by atoms with Gasteiger partial charge in [-0.25, -0.2) is 8.78 Å². The Labute approximate surface area is 169 Å². The third-order valence-electron chi connectivity index (χ3n) is 4.85. The first-order valence-electron chi connectivity index (χ1n) is 8.96. The highest BCUT2D eigenvalue weighted by molar-refractivity contribution is 7.98. The zero-order chi connectivity index (χ0) is 20.5. The molecule has 2 aromatic carbocycles. The minimum absolute atomic E-state index is 0.103. The van der Waals surface area contributed by atoms with Crippen LogP contribution in [0.25, 0.3) is 0 Å². The Morgan fingerprint density at radius 3 is 2.66 bits per heavy atom. The first-order valence-corrected chi connectivity index (χ1v) is 9.95. The van der Waals surface area contributed by atoms with Gasteiger partial charge in [-0.15, -0.1) is 0 Å². The van der Waals surface area contributed by atoms with Crippen molar-refractivity contribution in [2.75, 3.05) is 5.32 Å². The monoisotopic (exact) mass is 413 g/mol. The van der Waals surface area contributed by atoms with Crippen molar-refractivity contribution in [3.8, 4) is 0 Å². The molecule has 29 heavy (non-hydrogen) atoms. The minimum Gasteiger partial charge on any atom is -0.312 e. The fourth-order valence-electron chi connectivity index (χ4n) is 3.44. The van der Waals surface area contributed by atoms with Gasteiger partial charge in [0, 0.05) is 31.2 Å². The predicted molar refractivity (Wildman–Crippen MR) is 107 cm³/mol. The van der Waals surface area contributed by atoms with E-state index in [9.17, 15) is 18.4 Å². The van der Waals surface area contributed by atoms with Crippen molar-refractivity contribution >= 4 is 23.5 Å². The van der Waals surface area contributed by atoms with E-state index in [-0.39, 0.29) is 23.5 Å². The average molecular weight is 413 g/mol.